The van der Waals surface area contributed by atoms with Crippen LogP contribution >= 0.6 is 34.3 Å². The molecule has 0 saturated carbocycles. The molecule has 3 heterocycles. The van der Waals surface area contributed by atoms with Crippen LogP contribution in [0.4, 0.5) is 16.3 Å². The van der Waals surface area contributed by atoms with Crippen molar-refractivity contribution in [3.63, 3.8) is 0 Å². The number of amides is 2. The number of esters is 1. The number of carbonyl (C=O) groups excluding carboxylic acids is 2. The molecule has 0 aliphatic carbocycles. The molecule has 0 saturated heterocycles. The molecular formula is C23H23ClN6O3S2. The van der Waals surface area contributed by atoms with E-state index in [4.69, 9.17) is 16.3 Å². The fourth-order valence-corrected chi connectivity index (χ4v) is 5.02. The maximum absolute atomic E-state index is 12.5. The summed E-state index contributed by atoms with van der Waals surface area (Å²) in [4.78, 5) is 38.7. The third-order valence-corrected chi connectivity index (χ3v) is 6.99. The van der Waals surface area contributed by atoms with E-state index in [0.717, 1.165) is 20.9 Å². The lowest BCUT2D eigenvalue weighted by molar-refractivity contribution is -0.151. The van der Waals surface area contributed by atoms with E-state index in [0.29, 0.717) is 28.5 Å². The third-order valence-electron chi connectivity index (χ3n) is 4.77. The van der Waals surface area contributed by atoms with Crippen LogP contribution in [0.3, 0.4) is 0 Å². The van der Waals surface area contributed by atoms with Gasteiger partial charge >= 0.3 is 12.0 Å². The van der Waals surface area contributed by atoms with Crippen molar-refractivity contribution in [3.8, 4) is 0 Å². The molecule has 3 aromatic heterocycles. The first-order chi connectivity index (χ1) is 16.9. The molecule has 12 heteroatoms. The minimum Gasteiger partial charge on any atom is -0.444 e. The van der Waals surface area contributed by atoms with Gasteiger partial charge in [0.15, 0.2) is 11.5 Å². The summed E-state index contributed by atoms with van der Waals surface area (Å²) in [5.41, 5.74) is 1.44. The first kappa shape index (κ1) is 24.8. The highest BCUT2D eigenvalue weighted by Gasteiger charge is 2.12. The minimum atomic E-state index is -0.552. The molecule has 0 atom stereocenters. The molecule has 0 fully saturated rings. The van der Waals surface area contributed by atoms with Gasteiger partial charge in [-0.3, -0.25) is 9.36 Å². The van der Waals surface area contributed by atoms with E-state index in [1.165, 1.54) is 17.7 Å². The number of thiazole rings is 1. The van der Waals surface area contributed by atoms with E-state index in [1.54, 1.807) is 54.0 Å². The number of halogens is 1. The van der Waals surface area contributed by atoms with Crippen molar-refractivity contribution in [3.05, 3.63) is 62.9 Å². The van der Waals surface area contributed by atoms with Gasteiger partial charge in [-0.1, -0.05) is 31.5 Å². The number of aromatic nitrogens is 3. The standard InChI is InChI=1S/C23H23ClN6O3S2/c1-14(2)21(31)33-13-30-11-17(6-8-25-20-19-18(7-9-34-19)26-12-27-20)35-23(30)29-22(32)28-16-5-3-4-15(24)10-16/h3-5,7,9-12,14H,6,8,13H2,1-2H3,(H,28,32)(H,25,26,27)/b29-23-. The average Bonchev–Trinajstić information content (AvgIpc) is 3.44. The van der Waals surface area contributed by atoms with E-state index in [-0.39, 0.29) is 18.6 Å². The predicted molar refractivity (Wildman–Crippen MR) is 139 cm³/mol. The maximum Gasteiger partial charge on any atom is 0.348 e. The van der Waals surface area contributed by atoms with Crippen LogP contribution in [0, 0.1) is 5.92 Å². The minimum absolute atomic E-state index is 0.0358. The summed E-state index contributed by atoms with van der Waals surface area (Å²) < 4.78 is 8.02. The molecule has 0 aliphatic rings. The molecule has 1 aromatic carbocycles. The summed E-state index contributed by atoms with van der Waals surface area (Å²) in [6.45, 7) is 4.11. The summed E-state index contributed by atoms with van der Waals surface area (Å²) >= 11 is 8.92. The summed E-state index contributed by atoms with van der Waals surface area (Å²) in [7, 11) is 0. The highest BCUT2D eigenvalue weighted by Crippen LogP contribution is 2.24. The zero-order valence-corrected chi connectivity index (χ0v) is 21.4. The second-order valence-electron chi connectivity index (χ2n) is 7.78. The van der Waals surface area contributed by atoms with E-state index in [1.807, 2.05) is 17.6 Å². The molecule has 2 N–H and O–H groups in total. The summed E-state index contributed by atoms with van der Waals surface area (Å²) in [5, 5.41) is 8.53. The normalized spacial score (nSPS) is 11.7. The van der Waals surface area contributed by atoms with Crippen molar-refractivity contribution >= 4 is 68.0 Å². The lowest BCUT2D eigenvalue weighted by Crippen LogP contribution is -2.22. The van der Waals surface area contributed by atoms with Gasteiger partial charge in [0.05, 0.1) is 16.1 Å². The fourth-order valence-electron chi connectivity index (χ4n) is 3.05. The zero-order chi connectivity index (χ0) is 24.8. The summed E-state index contributed by atoms with van der Waals surface area (Å²) in [6, 6.07) is 8.22. The third kappa shape index (κ3) is 6.65. The van der Waals surface area contributed by atoms with E-state index in [9.17, 15) is 9.59 Å². The number of hydrogen-bond donors (Lipinski definition) is 2. The smallest absolute Gasteiger partial charge is 0.348 e. The maximum atomic E-state index is 12.5. The average molecular weight is 531 g/mol. The number of urea groups is 1. The van der Waals surface area contributed by atoms with Gasteiger partial charge in [-0.15, -0.1) is 22.7 Å². The van der Waals surface area contributed by atoms with Crippen molar-refractivity contribution in [2.24, 2.45) is 10.9 Å². The molecular weight excluding hydrogens is 508 g/mol. The number of anilines is 2. The van der Waals surface area contributed by atoms with Gasteiger partial charge in [-0.25, -0.2) is 14.8 Å². The number of carbonyl (C=O) groups is 2. The molecule has 9 nitrogen and oxygen atoms in total. The monoisotopic (exact) mass is 530 g/mol. The Kier molecular flexibility index (Phi) is 8.11. The molecule has 0 unspecified atom stereocenters. The summed E-state index contributed by atoms with van der Waals surface area (Å²) in [5.74, 6) is 0.197. The molecule has 4 rings (SSSR count). The van der Waals surface area contributed by atoms with Crippen LogP contribution in [0.25, 0.3) is 10.2 Å². The Morgan fingerprint density at radius 2 is 2.11 bits per heavy atom. The number of benzene rings is 1. The molecule has 0 radical (unpaired) electrons. The number of hydrogen-bond acceptors (Lipinski definition) is 8. The van der Waals surface area contributed by atoms with Gasteiger partial charge in [0.25, 0.3) is 0 Å². The molecule has 0 spiro atoms. The topological polar surface area (TPSA) is 110 Å². The van der Waals surface area contributed by atoms with Crippen molar-refractivity contribution in [2.75, 3.05) is 17.2 Å². The summed E-state index contributed by atoms with van der Waals surface area (Å²) in [6.07, 6.45) is 4.03. The lowest BCUT2D eigenvalue weighted by Gasteiger charge is -2.08. The van der Waals surface area contributed by atoms with E-state index >= 15 is 0 Å². The molecule has 2 amide bonds. The Bertz CT molecular complexity index is 1410. The highest BCUT2D eigenvalue weighted by atomic mass is 35.5. The number of fused-ring (bicyclic) bond motifs is 1. The Morgan fingerprint density at radius 1 is 1.26 bits per heavy atom. The Morgan fingerprint density at radius 3 is 2.91 bits per heavy atom. The van der Waals surface area contributed by atoms with E-state index < -0.39 is 6.03 Å². The molecule has 4 aromatic rings. The van der Waals surface area contributed by atoms with Crippen LogP contribution in [-0.2, 0) is 22.7 Å². The van der Waals surface area contributed by atoms with Gasteiger partial charge in [-0.05, 0) is 29.6 Å². The van der Waals surface area contributed by atoms with Crippen molar-refractivity contribution in [1.29, 1.82) is 0 Å². The predicted octanol–water partition coefficient (Wildman–Crippen LogP) is 5.15. The highest BCUT2D eigenvalue weighted by molar-refractivity contribution is 7.17. The Labute approximate surface area is 214 Å². The number of rotatable bonds is 8. The second kappa shape index (κ2) is 11.4. The van der Waals surface area contributed by atoms with E-state index in [2.05, 4.69) is 25.6 Å². The first-order valence-electron chi connectivity index (χ1n) is 10.8. The zero-order valence-electron chi connectivity index (χ0n) is 19.0. The fraction of sp³-hybridized carbons (Fsp3) is 0.261. The van der Waals surface area contributed by atoms with Crippen LogP contribution in [0.15, 0.2) is 53.2 Å². The van der Waals surface area contributed by atoms with Gasteiger partial charge < -0.3 is 15.4 Å². The van der Waals surface area contributed by atoms with Gasteiger partial charge in [0.2, 0.25) is 0 Å². The molecule has 0 aliphatic heterocycles. The van der Waals surface area contributed by atoms with Crippen molar-refractivity contribution < 1.29 is 14.3 Å². The SMILES string of the molecule is CC(C)C(=O)OCn1cc(CCNc2ncnc3ccsc23)s/c1=N\C(=O)Nc1cccc(Cl)c1. The lowest BCUT2D eigenvalue weighted by atomic mass is 10.2. The van der Waals surface area contributed by atoms with Crippen LogP contribution in [0.1, 0.15) is 18.7 Å². The second-order valence-corrected chi connectivity index (χ2v) is 10.2. The van der Waals surface area contributed by atoms with Crippen LogP contribution in [-0.4, -0.2) is 33.1 Å². The first-order valence-corrected chi connectivity index (χ1v) is 12.9. The largest absolute Gasteiger partial charge is 0.444 e. The molecule has 182 valence electrons. The quantitative estimate of drug-likeness (QED) is 0.305. The molecule has 35 heavy (non-hydrogen) atoms. The van der Waals surface area contributed by atoms with Gasteiger partial charge in [0, 0.05) is 34.7 Å². The van der Waals surface area contributed by atoms with Gasteiger partial charge in [0.1, 0.15) is 12.1 Å². The number of nitrogens with zero attached hydrogens (tertiary/aromatic N) is 4. The van der Waals surface area contributed by atoms with Crippen molar-refractivity contribution in [2.45, 2.75) is 27.0 Å². The number of nitrogens with one attached hydrogen (secondary N) is 2. The Balaban J connectivity index is 1.49. The van der Waals surface area contributed by atoms with Crippen LogP contribution in [0.5, 0.6) is 0 Å². The van der Waals surface area contributed by atoms with Crippen molar-refractivity contribution in [1.82, 2.24) is 14.5 Å². The van der Waals surface area contributed by atoms with Crippen LogP contribution in [0.2, 0.25) is 5.02 Å². The molecule has 0 bridgehead atoms. The number of ether oxygens (including phenoxy) is 1. The Hall–Kier alpha value is -3.28. The van der Waals surface area contributed by atoms with Gasteiger partial charge in [-0.2, -0.15) is 4.99 Å². The van der Waals surface area contributed by atoms with Crippen LogP contribution < -0.4 is 15.4 Å². The number of thiophene rings is 1.